The monoisotopic (exact) mass is 418 g/mol. The van der Waals surface area contributed by atoms with Crippen LogP contribution in [0.25, 0.3) is 5.69 Å². The fourth-order valence-electron chi connectivity index (χ4n) is 3.79. The predicted molar refractivity (Wildman–Crippen MR) is 106 cm³/mol. The van der Waals surface area contributed by atoms with E-state index in [-0.39, 0.29) is 19.3 Å². The lowest BCUT2D eigenvalue weighted by atomic mass is 10.1. The van der Waals surface area contributed by atoms with E-state index in [0.717, 1.165) is 22.5 Å². The third-order valence-electron chi connectivity index (χ3n) is 5.30. The molecular weight excluding hydrogens is 392 g/mol. The van der Waals surface area contributed by atoms with Crippen molar-refractivity contribution in [1.29, 1.82) is 0 Å². The second-order valence-electron chi connectivity index (χ2n) is 7.31. The molecule has 4 heterocycles. The van der Waals surface area contributed by atoms with Crippen LogP contribution >= 0.6 is 0 Å². The minimum Gasteiger partial charge on any atom is -0.481 e. The number of fused-ring (bicyclic) bond motifs is 1. The molecule has 1 unspecified atom stereocenters. The van der Waals surface area contributed by atoms with Gasteiger partial charge in [-0.3, -0.25) is 0 Å². The summed E-state index contributed by atoms with van der Waals surface area (Å²) in [6.07, 6.45) is 1.86. The smallest absolute Gasteiger partial charge is 0.407 e. The molecule has 2 aliphatic rings. The Bertz CT molecular complexity index is 915. The van der Waals surface area contributed by atoms with Crippen LogP contribution in [0.3, 0.4) is 0 Å². The molecule has 0 saturated carbocycles. The van der Waals surface area contributed by atoms with Crippen LogP contribution in [0.1, 0.15) is 16.8 Å². The third kappa shape index (κ3) is 4.19. The van der Waals surface area contributed by atoms with Gasteiger partial charge in [0.1, 0.15) is 12.7 Å². The van der Waals surface area contributed by atoms with Gasteiger partial charge in [-0.1, -0.05) is 0 Å². The van der Waals surface area contributed by atoms with Crippen LogP contribution < -0.4 is 9.47 Å². The summed E-state index contributed by atoms with van der Waals surface area (Å²) < 4.78 is 24.5. The molecule has 4 rings (SSSR count). The van der Waals surface area contributed by atoms with E-state index in [2.05, 4.69) is 4.98 Å². The first-order valence-electron chi connectivity index (χ1n) is 9.98. The van der Waals surface area contributed by atoms with Crippen molar-refractivity contribution in [1.82, 2.24) is 19.7 Å². The van der Waals surface area contributed by atoms with Crippen LogP contribution in [-0.4, -0.2) is 83.6 Å². The summed E-state index contributed by atoms with van der Waals surface area (Å²) in [5.74, 6) is 1.11. The van der Waals surface area contributed by atoms with Gasteiger partial charge in [0.25, 0.3) is 0 Å². The van der Waals surface area contributed by atoms with Gasteiger partial charge in [0, 0.05) is 30.5 Å². The Kier molecular flexibility index (Phi) is 6.05. The fraction of sp³-hybridized carbons (Fsp3) is 0.550. The van der Waals surface area contributed by atoms with Crippen LogP contribution in [0, 0.1) is 6.92 Å². The van der Waals surface area contributed by atoms with Crippen molar-refractivity contribution in [3.8, 4) is 17.4 Å². The summed E-state index contributed by atoms with van der Waals surface area (Å²) in [5, 5.41) is 13.9. The summed E-state index contributed by atoms with van der Waals surface area (Å²) >= 11 is 0. The zero-order chi connectivity index (χ0) is 21.1. The molecule has 0 aliphatic carbocycles. The number of rotatable bonds is 5. The van der Waals surface area contributed by atoms with Crippen LogP contribution in [0.2, 0.25) is 0 Å². The summed E-state index contributed by atoms with van der Waals surface area (Å²) in [4.78, 5) is 16.9. The Morgan fingerprint density at radius 1 is 1.30 bits per heavy atom. The molecule has 30 heavy (non-hydrogen) atoms. The molecule has 1 fully saturated rings. The molecule has 0 aromatic carbocycles. The lowest BCUT2D eigenvalue weighted by Gasteiger charge is -2.30. The molecule has 2 aromatic heterocycles. The van der Waals surface area contributed by atoms with E-state index in [1.54, 1.807) is 13.3 Å². The molecule has 1 saturated heterocycles. The maximum Gasteiger partial charge on any atom is 0.407 e. The summed E-state index contributed by atoms with van der Waals surface area (Å²) in [6.45, 7) is 4.39. The number of hydrogen-bond acceptors (Lipinski definition) is 7. The van der Waals surface area contributed by atoms with Gasteiger partial charge in [-0.2, -0.15) is 0 Å². The maximum absolute atomic E-state index is 11.2. The molecule has 10 nitrogen and oxygen atoms in total. The number of amides is 1. The first-order chi connectivity index (χ1) is 14.6. The van der Waals surface area contributed by atoms with Crippen molar-refractivity contribution in [2.24, 2.45) is 0 Å². The van der Waals surface area contributed by atoms with E-state index >= 15 is 0 Å². The number of aromatic nitrogens is 3. The highest BCUT2D eigenvalue weighted by Gasteiger charge is 2.27. The number of nitrogens with zero attached hydrogens (tertiary/aromatic N) is 4. The van der Waals surface area contributed by atoms with Gasteiger partial charge in [-0.05, 0) is 13.0 Å². The normalized spacial score (nSPS) is 19.1. The van der Waals surface area contributed by atoms with Crippen molar-refractivity contribution in [3.05, 3.63) is 29.1 Å². The van der Waals surface area contributed by atoms with Crippen molar-refractivity contribution < 1.29 is 28.8 Å². The van der Waals surface area contributed by atoms with Gasteiger partial charge in [0.2, 0.25) is 11.8 Å². The molecule has 2 aromatic rings. The van der Waals surface area contributed by atoms with Crippen molar-refractivity contribution in [2.75, 3.05) is 46.6 Å². The maximum atomic E-state index is 11.2. The lowest BCUT2D eigenvalue weighted by Crippen LogP contribution is -2.47. The van der Waals surface area contributed by atoms with Crippen molar-refractivity contribution in [3.63, 3.8) is 0 Å². The van der Waals surface area contributed by atoms with Crippen molar-refractivity contribution >= 4 is 6.09 Å². The number of methoxy groups -OCH3 is 1. The highest BCUT2D eigenvalue weighted by Crippen LogP contribution is 2.29. The Hall–Kier alpha value is -2.85. The van der Waals surface area contributed by atoms with Gasteiger partial charge in [-0.15, -0.1) is 5.10 Å². The van der Waals surface area contributed by atoms with Gasteiger partial charge >= 0.3 is 6.09 Å². The molecule has 0 bridgehead atoms. The van der Waals surface area contributed by atoms with Crippen molar-refractivity contribution in [2.45, 2.75) is 25.9 Å². The van der Waals surface area contributed by atoms with Gasteiger partial charge in [0.15, 0.2) is 0 Å². The van der Waals surface area contributed by atoms with Crippen LogP contribution in [-0.2, 0) is 22.3 Å². The third-order valence-corrected chi connectivity index (χ3v) is 5.30. The number of morpholine rings is 1. The predicted octanol–water partition coefficient (Wildman–Crippen LogP) is 1.46. The number of carbonyl (C=O) groups is 1. The highest BCUT2D eigenvalue weighted by molar-refractivity contribution is 5.65. The van der Waals surface area contributed by atoms with Gasteiger partial charge in [0.05, 0.1) is 51.1 Å². The van der Waals surface area contributed by atoms with E-state index in [1.165, 1.54) is 4.90 Å². The van der Waals surface area contributed by atoms with E-state index < -0.39 is 6.09 Å². The minimum atomic E-state index is -0.944. The number of carboxylic acid groups (broad SMARTS) is 1. The summed E-state index contributed by atoms with van der Waals surface area (Å²) in [5.41, 5.74) is 3.78. The van der Waals surface area contributed by atoms with Gasteiger partial charge in [-0.25, -0.2) is 14.5 Å². The minimum absolute atomic E-state index is 0.230. The molecular formula is C20H26N4O6. The summed E-state index contributed by atoms with van der Waals surface area (Å²) in [6, 6.07) is 1.98. The topological polar surface area (TPSA) is 108 Å². The van der Waals surface area contributed by atoms with E-state index in [9.17, 15) is 9.90 Å². The van der Waals surface area contributed by atoms with E-state index in [0.29, 0.717) is 51.0 Å². The number of ether oxygens (including phenoxy) is 4. The second kappa shape index (κ2) is 8.88. The quantitative estimate of drug-likeness (QED) is 0.778. The van der Waals surface area contributed by atoms with E-state index in [4.69, 9.17) is 24.0 Å². The molecule has 0 spiro atoms. The first-order valence-corrected chi connectivity index (χ1v) is 9.98. The Morgan fingerprint density at radius 2 is 2.13 bits per heavy atom. The average Bonchev–Trinajstić information content (AvgIpc) is 2.92. The molecule has 0 radical (unpaired) electrons. The van der Waals surface area contributed by atoms with E-state index in [1.807, 2.05) is 17.7 Å². The molecule has 162 valence electrons. The van der Waals surface area contributed by atoms with Gasteiger partial charge < -0.3 is 29.0 Å². The first kappa shape index (κ1) is 20.4. The average molecular weight is 418 g/mol. The highest BCUT2D eigenvalue weighted by atomic mass is 16.5. The van der Waals surface area contributed by atoms with Crippen LogP contribution in [0.15, 0.2) is 12.3 Å². The Morgan fingerprint density at radius 3 is 2.90 bits per heavy atom. The Balaban J connectivity index is 1.58. The molecule has 2 aliphatic heterocycles. The Labute approximate surface area is 174 Å². The largest absolute Gasteiger partial charge is 0.481 e. The lowest BCUT2D eigenvalue weighted by molar-refractivity contribution is -0.0420. The second-order valence-corrected chi connectivity index (χ2v) is 7.31. The number of aryl methyl sites for hydroxylation is 1. The molecule has 1 amide bonds. The van der Waals surface area contributed by atoms with Crippen LogP contribution in [0.4, 0.5) is 4.79 Å². The number of pyridine rings is 1. The molecule has 1 atom stereocenters. The zero-order valence-electron chi connectivity index (χ0n) is 17.2. The fourth-order valence-corrected chi connectivity index (χ4v) is 3.79. The summed E-state index contributed by atoms with van der Waals surface area (Å²) in [7, 11) is 1.59. The standard InChI is InChI=1S/C20H26N4O6/c1-13-9-14(10-21-18(13)27-2)24-17-4-7-28-6-3-16(17)19(22-24)30-12-15-11-23(20(25)26)5-8-29-15/h9-10,15H,3-8,11-12H2,1-2H3,(H,25,26). The molecule has 1 N–H and O–H groups in total. The van der Waals surface area contributed by atoms with Crippen LogP contribution in [0.5, 0.6) is 11.8 Å². The molecule has 10 heteroatoms. The zero-order valence-corrected chi connectivity index (χ0v) is 17.2. The number of hydrogen-bond donors (Lipinski definition) is 1. The SMILES string of the molecule is COc1ncc(-n2nc(OCC3CN(C(=O)O)CCO3)c3c2CCOCC3)cc1C.